The highest BCUT2D eigenvalue weighted by molar-refractivity contribution is 5.96. The fourth-order valence-corrected chi connectivity index (χ4v) is 5.13. The van der Waals surface area contributed by atoms with E-state index in [1.165, 1.54) is 5.56 Å². The van der Waals surface area contributed by atoms with Crippen LogP contribution in [0.25, 0.3) is 0 Å². The van der Waals surface area contributed by atoms with Gasteiger partial charge in [-0.05, 0) is 45.1 Å². The van der Waals surface area contributed by atoms with E-state index >= 15 is 0 Å². The molecule has 2 aliphatic rings. The summed E-state index contributed by atoms with van der Waals surface area (Å²) in [5.41, 5.74) is 2.64. The standard InChI is InChI=1S/C21H27N3O2/c1-3-23-15(2)18(13-22-23)20(26)24-17-9-10-19(24)21(12-17,14-25)11-16-7-5-4-6-8-16/h4-8,13,17,19,25H,3,9-12,14H2,1-2H3/t17-,19+,21-/m0/s1. The molecule has 1 aromatic carbocycles. The maximum Gasteiger partial charge on any atom is 0.257 e. The molecule has 2 fully saturated rings. The largest absolute Gasteiger partial charge is 0.396 e. The van der Waals surface area contributed by atoms with Gasteiger partial charge in [0.25, 0.3) is 5.91 Å². The molecular weight excluding hydrogens is 326 g/mol. The molecule has 1 amide bonds. The van der Waals surface area contributed by atoms with Crippen molar-refractivity contribution in [2.24, 2.45) is 5.41 Å². The second kappa shape index (κ2) is 6.54. The van der Waals surface area contributed by atoms with Crippen LogP contribution in [-0.2, 0) is 13.0 Å². The Balaban J connectivity index is 1.63. The van der Waals surface area contributed by atoms with E-state index in [0.717, 1.165) is 37.9 Å². The number of benzene rings is 1. The number of aromatic nitrogens is 2. The van der Waals surface area contributed by atoms with Gasteiger partial charge in [0.15, 0.2) is 0 Å². The van der Waals surface area contributed by atoms with Gasteiger partial charge in [0.2, 0.25) is 0 Å². The first-order valence-corrected chi connectivity index (χ1v) is 9.59. The van der Waals surface area contributed by atoms with E-state index < -0.39 is 0 Å². The van der Waals surface area contributed by atoms with Crippen molar-refractivity contribution in [1.82, 2.24) is 14.7 Å². The van der Waals surface area contributed by atoms with E-state index in [0.29, 0.717) is 5.56 Å². The summed E-state index contributed by atoms with van der Waals surface area (Å²) < 4.78 is 1.87. The maximum atomic E-state index is 13.3. The molecule has 0 unspecified atom stereocenters. The van der Waals surface area contributed by atoms with Crippen LogP contribution in [0.15, 0.2) is 36.5 Å². The Bertz CT molecular complexity index is 801. The van der Waals surface area contributed by atoms with Crippen LogP contribution < -0.4 is 0 Å². The summed E-state index contributed by atoms with van der Waals surface area (Å²) in [5, 5.41) is 14.7. The number of hydrogen-bond donors (Lipinski definition) is 1. The first-order valence-electron chi connectivity index (χ1n) is 9.59. The van der Waals surface area contributed by atoms with Gasteiger partial charge in [-0.15, -0.1) is 0 Å². The third-order valence-corrected chi connectivity index (χ3v) is 6.43. The number of aliphatic hydroxyl groups excluding tert-OH is 1. The van der Waals surface area contributed by atoms with Crippen LogP contribution in [0.3, 0.4) is 0 Å². The number of rotatable bonds is 5. The lowest BCUT2D eigenvalue weighted by molar-refractivity contribution is 0.0570. The van der Waals surface area contributed by atoms with Gasteiger partial charge in [-0.1, -0.05) is 30.3 Å². The molecule has 2 saturated heterocycles. The highest BCUT2D eigenvalue weighted by Gasteiger charge is 2.57. The molecule has 2 bridgehead atoms. The predicted molar refractivity (Wildman–Crippen MR) is 99.9 cm³/mol. The third kappa shape index (κ3) is 2.57. The van der Waals surface area contributed by atoms with Gasteiger partial charge < -0.3 is 10.0 Å². The molecule has 0 spiro atoms. The topological polar surface area (TPSA) is 58.4 Å². The summed E-state index contributed by atoms with van der Waals surface area (Å²) in [5.74, 6) is 0.0816. The van der Waals surface area contributed by atoms with Gasteiger partial charge in [0.05, 0.1) is 18.4 Å². The molecule has 1 N–H and O–H groups in total. The molecule has 5 heteroatoms. The lowest BCUT2D eigenvalue weighted by Gasteiger charge is -2.36. The molecule has 5 nitrogen and oxygen atoms in total. The number of carbonyl (C=O) groups is 1. The van der Waals surface area contributed by atoms with Crippen molar-refractivity contribution in [3.05, 3.63) is 53.3 Å². The fraction of sp³-hybridized carbons (Fsp3) is 0.524. The zero-order valence-electron chi connectivity index (χ0n) is 15.6. The molecule has 0 radical (unpaired) electrons. The highest BCUT2D eigenvalue weighted by Crippen LogP contribution is 2.51. The third-order valence-electron chi connectivity index (χ3n) is 6.43. The SMILES string of the molecule is CCn1ncc(C(=O)N2[C@H]3CC[C@@H]2[C@@](CO)(Cc2ccccc2)C3)c1C. The van der Waals surface area contributed by atoms with Crippen molar-refractivity contribution in [2.45, 2.75) is 58.2 Å². The average Bonchev–Trinajstić information content (AvgIpc) is 3.33. The van der Waals surface area contributed by atoms with Crippen LogP contribution >= 0.6 is 0 Å². The molecule has 3 heterocycles. The van der Waals surface area contributed by atoms with E-state index in [1.54, 1.807) is 6.20 Å². The molecule has 138 valence electrons. The van der Waals surface area contributed by atoms with Crippen LogP contribution in [0, 0.1) is 12.3 Å². The fourth-order valence-electron chi connectivity index (χ4n) is 5.13. The minimum atomic E-state index is -0.228. The van der Waals surface area contributed by atoms with Crippen LogP contribution in [0.4, 0.5) is 0 Å². The first-order chi connectivity index (χ1) is 12.6. The summed E-state index contributed by atoms with van der Waals surface area (Å²) in [6.07, 6.45) is 5.42. The van der Waals surface area contributed by atoms with Gasteiger partial charge in [0.1, 0.15) is 0 Å². The van der Waals surface area contributed by atoms with Crippen LogP contribution in [-0.4, -0.2) is 44.4 Å². The molecule has 2 aromatic rings. The molecular formula is C21H27N3O2. The number of nitrogens with zero attached hydrogens (tertiary/aromatic N) is 3. The van der Waals surface area contributed by atoms with Gasteiger partial charge >= 0.3 is 0 Å². The van der Waals surface area contributed by atoms with Crippen LogP contribution in [0.2, 0.25) is 0 Å². The Morgan fingerprint density at radius 3 is 2.73 bits per heavy atom. The van der Waals surface area contributed by atoms with Crippen molar-refractivity contribution in [3.63, 3.8) is 0 Å². The van der Waals surface area contributed by atoms with E-state index in [-0.39, 0.29) is 30.0 Å². The average molecular weight is 353 g/mol. The van der Waals surface area contributed by atoms with Gasteiger partial charge in [0, 0.05) is 29.7 Å². The van der Waals surface area contributed by atoms with Crippen molar-refractivity contribution in [3.8, 4) is 0 Å². The number of aliphatic hydroxyl groups is 1. The summed E-state index contributed by atoms with van der Waals surface area (Å²) in [6.45, 7) is 4.88. The first kappa shape index (κ1) is 17.3. The Morgan fingerprint density at radius 1 is 1.31 bits per heavy atom. The van der Waals surface area contributed by atoms with Gasteiger partial charge in [-0.3, -0.25) is 9.48 Å². The van der Waals surface area contributed by atoms with Gasteiger partial charge in [-0.25, -0.2) is 0 Å². The number of fused-ring (bicyclic) bond motifs is 2. The summed E-state index contributed by atoms with van der Waals surface area (Å²) in [7, 11) is 0. The van der Waals surface area contributed by atoms with Crippen molar-refractivity contribution < 1.29 is 9.90 Å². The second-order valence-electron chi connectivity index (χ2n) is 7.81. The van der Waals surface area contributed by atoms with E-state index in [4.69, 9.17) is 0 Å². The van der Waals surface area contributed by atoms with E-state index in [2.05, 4.69) is 22.1 Å². The normalized spacial score (nSPS) is 27.3. The van der Waals surface area contributed by atoms with Crippen molar-refractivity contribution in [2.75, 3.05) is 6.61 Å². The minimum Gasteiger partial charge on any atom is -0.396 e. The number of hydrogen-bond acceptors (Lipinski definition) is 3. The van der Waals surface area contributed by atoms with Crippen molar-refractivity contribution in [1.29, 1.82) is 0 Å². The zero-order valence-corrected chi connectivity index (χ0v) is 15.6. The number of amides is 1. The summed E-state index contributed by atoms with van der Waals surface area (Å²) in [4.78, 5) is 15.4. The Labute approximate surface area is 154 Å². The Morgan fingerprint density at radius 2 is 2.08 bits per heavy atom. The number of aryl methyl sites for hydroxylation is 1. The molecule has 26 heavy (non-hydrogen) atoms. The summed E-state index contributed by atoms with van der Waals surface area (Å²) in [6, 6.07) is 10.7. The smallest absolute Gasteiger partial charge is 0.257 e. The van der Waals surface area contributed by atoms with Crippen molar-refractivity contribution >= 4 is 5.91 Å². The highest BCUT2D eigenvalue weighted by atomic mass is 16.3. The lowest BCUT2D eigenvalue weighted by Crippen LogP contribution is -2.44. The molecule has 3 atom stereocenters. The van der Waals surface area contributed by atoms with Crippen LogP contribution in [0.1, 0.15) is 47.8 Å². The van der Waals surface area contributed by atoms with E-state index in [1.807, 2.05) is 36.7 Å². The van der Waals surface area contributed by atoms with Gasteiger partial charge in [-0.2, -0.15) is 5.10 Å². The zero-order chi connectivity index (χ0) is 18.3. The molecule has 1 aromatic heterocycles. The maximum absolute atomic E-state index is 13.3. The minimum absolute atomic E-state index is 0.0816. The molecule has 2 aliphatic heterocycles. The Hall–Kier alpha value is -2.14. The second-order valence-corrected chi connectivity index (χ2v) is 7.81. The number of carbonyl (C=O) groups excluding carboxylic acids is 1. The quantitative estimate of drug-likeness (QED) is 0.899. The predicted octanol–water partition coefficient (Wildman–Crippen LogP) is 2.81. The monoisotopic (exact) mass is 353 g/mol. The summed E-state index contributed by atoms with van der Waals surface area (Å²) >= 11 is 0. The Kier molecular flexibility index (Phi) is 4.35. The van der Waals surface area contributed by atoms with E-state index in [9.17, 15) is 9.90 Å². The van der Waals surface area contributed by atoms with Crippen LogP contribution in [0.5, 0.6) is 0 Å². The molecule has 0 aliphatic carbocycles. The molecule has 4 rings (SSSR count). The molecule has 0 saturated carbocycles. The lowest BCUT2D eigenvalue weighted by atomic mass is 9.70.